The van der Waals surface area contributed by atoms with Crippen molar-refractivity contribution in [2.45, 2.75) is 59.5 Å². The molecule has 0 fully saturated rings. The Bertz CT molecular complexity index is 970. The van der Waals surface area contributed by atoms with Gasteiger partial charge >= 0.3 is 0 Å². The number of ether oxygens (including phenoxy) is 4. The Morgan fingerprint density at radius 2 is 1.78 bits per heavy atom. The molecule has 7 heteroatoms. The summed E-state index contributed by atoms with van der Waals surface area (Å²) in [6.07, 6.45) is 2.53. The Morgan fingerprint density at radius 1 is 1.09 bits per heavy atom. The normalized spacial score (nSPS) is 17.6. The smallest absolute Gasteiger partial charge is 0.269 e. The van der Waals surface area contributed by atoms with E-state index in [0.717, 1.165) is 47.5 Å². The van der Waals surface area contributed by atoms with E-state index in [2.05, 4.69) is 27.7 Å². The fourth-order valence-corrected chi connectivity index (χ4v) is 4.48. The third-order valence-electron chi connectivity index (χ3n) is 6.11. The average molecular weight is 444 g/mol. The number of benzene rings is 2. The molecular weight excluding hydrogens is 410 g/mol. The molecule has 1 atom stereocenters. The first-order chi connectivity index (χ1) is 15.2. The molecule has 3 rings (SSSR count). The molecule has 1 unspecified atom stereocenters. The van der Waals surface area contributed by atoms with Crippen LogP contribution in [0.15, 0.2) is 24.3 Å². The number of nitro groups is 1. The highest BCUT2D eigenvalue weighted by Gasteiger charge is 2.40. The highest BCUT2D eigenvalue weighted by Crippen LogP contribution is 2.45. The molecule has 32 heavy (non-hydrogen) atoms. The molecule has 0 amide bonds. The Hall–Kier alpha value is -2.80. The second-order valence-electron chi connectivity index (χ2n) is 8.99. The maximum atomic E-state index is 10.9. The highest BCUT2D eigenvalue weighted by atomic mass is 16.7. The second-order valence-corrected chi connectivity index (χ2v) is 8.99. The van der Waals surface area contributed by atoms with Gasteiger partial charge in [-0.05, 0) is 74.8 Å². The molecule has 0 spiro atoms. The molecule has 0 radical (unpaired) electrons. The number of rotatable bonds is 9. The summed E-state index contributed by atoms with van der Waals surface area (Å²) in [4.78, 5) is 10.5. The Morgan fingerprint density at radius 3 is 2.38 bits per heavy atom. The molecule has 2 aromatic carbocycles. The van der Waals surface area contributed by atoms with E-state index in [9.17, 15) is 10.1 Å². The zero-order chi connectivity index (χ0) is 23.5. The van der Waals surface area contributed by atoms with Gasteiger partial charge in [-0.1, -0.05) is 13.8 Å². The minimum Gasteiger partial charge on any atom is -0.489 e. The number of fused-ring (bicyclic) bond motifs is 1. The number of hydrogen-bond acceptors (Lipinski definition) is 6. The zero-order valence-corrected chi connectivity index (χ0v) is 19.8. The molecule has 0 aromatic heterocycles. The number of nitro benzene ring substituents is 1. The minimum atomic E-state index is -0.471. The molecule has 1 aliphatic heterocycles. The van der Waals surface area contributed by atoms with Crippen molar-refractivity contribution in [1.29, 1.82) is 0 Å². The topological polar surface area (TPSA) is 80.1 Å². The van der Waals surface area contributed by atoms with Crippen molar-refractivity contribution in [3.05, 3.63) is 56.6 Å². The molecule has 7 nitrogen and oxygen atoms in total. The number of nitrogens with zero attached hydrogens (tertiary/aromatic N) is 1. The second kappa shape index (κ2) is 9.77. The fourth-order valence-electron chi connectivity index (χ4n) is 4.48. The molecule has 0 saturated heterocycles. The van der Waals surface area contributed by atoms with Crippen molar-refractivity contribution in [2.75, 3.05) is 20.5 Å². The zero-order valence-electron chi connectivity index (χ0n) is 19.8. The maximum Gasteiger partial charge on any atom is 0.269 e. The van der Waals surface area contributed by atoms with E-state index in [1.165, 1.54) is 17.7 Å². The maximum absolute atomic E-state index is 10.9. The highest BCUT2D eigenvalue weighted by molar-refractivity contribution is 5.59. The lowest BCUT2D eigenvalue weighted by Crippen LogP contribution is -2.46. The average Bonchev–Trinajstić information content (AvgIpc) is 2.76. The van der Waals surface area contributed by atoms with E-state index in [0.29, 0.717) is 18.3 Å². The third kappa shape index (κ3) is 4.99. The Labute approximate surface area is 189 Å². The lowest BCUT2D eigenvalue weighted by molar-refractivity contribution is -0.384. The van der Waals surface area contributed by atoms with Crippen molar-refractivity contribution in [3.63, 3.8) is 0 Å². The van der Waals surface area contributed by atoms with Crippen molar-refractivity contribution < 1.29 is 23.9 Å². The summed E-state index contributed by atoms with van der Waals surface area (Å²) in [6.45, 7) is 11.1. The SMILES string of the molecule is COCOc1c(C)c(C)c2c(c1C)CCC(COc1ccc([N+](=O)[O-])cc1)(CC(C)C)O2. The molecule has 0 bridgehead atoms. The van der Waals surface area contributed by atoms with E-state index in [4.69, 9.17) is 18.9 Å². The summed E-state index contributed by atoms with van der Waals surface area (Å²) in [7, 11) is 1.62. The summed E-state index contributed by atoms with van der Waals surface area (Å²) in [6, 6.07) is 6.19. The van der Waals surface area contributed by atoms with E-state index in [1.54, 1.807) is 19.2 Å². The standard InChI is InChI=1S/C25H33NO6/c1-16(2)13-25(14-30-21-9-7-20(8-10-21)26(27)28)12-11-22-19(5)23(31-15-29-6)17(3)18(4)24(22)32-25/h7-10,16H,11-15H2,1-6H3. The summed E-state index contributed by atoms with van der Waals surface area (Å²) < 4.78 is 23.8. The van der Waals surface area contributed by atoms with Gasteiger partial charge in [-0.2, -0.15) is 0 Å². The predicted molar refractivity (Wildman–Crippen MR) is 123 cm³/mol. The van der Waals surface area contributed by atoms with Crippen LogP contribution in [0.2, 0.25) is 0 Å². The van der Waals surface area contributed by atoms with Gasteiger partial charge in [0, 0.05) is 24.8 Å². The van der Waals surface area contributed by atoms with Crippen molar-refractivity contribution in [1.82, 2.24) is 0 Å². The van der Waals surface area contributed by atoms with E-state index >= 15 is 0 Å². The molecule has 1 heterocycles. The summed E-state index contributed by atoms with van der Waals surface area (Å²) in [5, 5.41) is 10.9. The van der Waals surface area contributed by atoms with E-state index in [1.807, 2.05) is 6.92 Å². The van der Waals surface area contributed by atoms with Crippen LogP contribution in [0.4, 0.5) is 5.69 Å². The summed E-state index contributed by atoms with van der Waals surface area (Å²) in [5.41, 5.74) is 3.96. The molecule has 0 saturated carbocycles. The van der Waals surface area contributed by atoms with Crippen molar-refractivity contribution in [2.24, 2.45) is 5.92 Å². The van der Waals surface area contributed by atoms with Crippen LogP contribution in [0.3, 0.4) is 0 Å². The lowest BCUT2D eigenvalue weighted by Gasteiger charge is -2.41. The van der Waals surface area contributed by atoms with Crippen LogP contribution in [-0.2, 0) is 11.2 Å². The Kier molecular flexibility index (Phi) is 7.29. The first-order valence-electron chi connectivity index (χ1n) is 11.0. The molecule has 0 N–H and O–H groups in total. The molecule has 2 aromatic rings. The van der Waals surface area contributed by atoms with Gasteiger partial charge in [0.15, 0.2) is 6.79 Å². The largest absolute Gasteiger partial charge is 0.489 e. The number of non-ortho nitro benzene ring substituents is 1. The first kappa shape index (κ1) is 23.9. The van der Waals surface area contributed by atoms with Gasteiger partial charge in [0.05, 0.1) is 4.92 Å². The van der Waals surface area contributed by atoms with Crippen molar-refractivity contribution in [3.8, 4) is 17.2 Å². The molecule has 1 aliphatic rings. The third-order valence-corrected chi connectivity index (χ3v) is 6.11. The minimum absolute atomic E-state index is 0.0464. The predicted octanol–water partition coefficient (Wildman–Crippen LogP) is 5.69. The molecule has 0 aliphatic carbocycles. The van der Waals surface area contributed by atoms with Crippen LogP contribution in [0, 0.1) is 36.8 Å². The van der Waals surface area contributed by atoms with Crippen LogP contribution in [0.1, 0.15) is 48.9 Å². The van der Waals surface area contributed by atoms with Crippen LogP contribution in [0.25, 0.3) is 0 Å². The van der Waals surface area contributed by atoms with Crippen LogP contribution < -0.4 is 14.2 Å². The quantitative estimate of drug-likeness (QED) is 0.281. The number of methoxy groups -OCH3 is 1. The van der Waals surface area contributed by atoms with E-state index < -0.39 is 10.5 Å². The fraction of sp³-hybridized carbons (Fsp3) is 0.520. The summed E-state index contributed by atoms with van der Waals surface area (Å²) >= 11 is 0. The van der Waals surface area contributed by atoms with Gasteiger partial charge in [0.2, 0.25) is 0 Å². The van der Waals surface area contributed by atoms with Gasteiger partial charge in [-0.3, -0.25) is 10.1 Å². The first-order valence-corrected chi connectivity index (χ1v) is 11.0. The van der Waals surface area contributed by atoms with Gasteiger partial charge in [0.1, 0.15) is 29.5 Å². The Balaban J connectivity index is 1.88. The van der Waals surface area contributed by atoms with Crippen LogP contribution >= 0.6 is 0 Å². The van der Waals surface area contributed by atoms with Gasteiger partial charge in [-0.25, -0.2) is 0 Å². The van der Waals surface area contributed by atoms with E-state index in [-0.39, 0.29) is 12.5 Å². The van der Waals surface area contributed by atoms with Crippen LogP contribution in [-0.4, -0.2) is 31.0 Å². The lowest BCUT2D eigenvalue weighted by atomic mass is 9.82. The van der Waals surface area contributed by atoms with Crippen molar-refractivity contribution >= 4 is 5.69 Å². The molecule has 174 valence electrons. The monoisotopic (exact) mass is 443 g/mol. The van der Waals surface area contributed by atoms with Gasteiger partial charge in [0.25, 0.3) is 5.69 Å². The summed E-state index contributed by atoms with van der Waals surface area (Å²) in [5.74, 6) is 2.80. The van der Waals surface area contributed by atoms with Gasteiger partial charge < -0.3 is 18.9 Å². The molecular formula is C25H33NO6. The number of hydrogen-bond donors (Lipinski definition) is 0. The van der Waals surface area contributed by atoms with Crippen LogP contribution in [0.5, 0.6) is 17.2 Å². The van der Waals surface area contributed by atoms with Gasteiger partial charge in [-0.15, -0.1) is 0 Å².